The first-order valence-electron chi connectivity index (χ1n) is 18.6. The molecule has 0 heterocycles. The van der Waals surface area contributed by atoms with Crippen LogP contribution >= 0.6 is 0 Å². The number of rotatable bonds is 16. The maximum Gasteiger partial charge on any atom is 0.508 e. The molecule has 0 radical (unpaired) electrons. The summed E-state index contributed by atoms with van der Waals surface area (Å²) in [6.45, 7) is 9.11. The molecule has 0 aromatic heterocycles. The van der Waals surface area contributed by atoms with Crippen LogP contribution in [-0.4, -0.2) is 18.4 Å². The lowest BCUT2D eigenvalue weighted by molar-refractivity contribution is -0.0215. The fraction of sp³-hybridized carbons (Fsp3) is 0.683. The highest BCUT2D eigenvalue weighted by Crippen LogP contribution is 2.39. The number of benzene rings is 2. The second-order valence-electron chi connectivity index (χ2n) is 13.9. The van der Waals surface area contributed by atoms with Crippen molar-refractivity contribution in [3.05, 3.63) is 69.8 Å². The highest BCUT2D eigenvalue weighted by Gasteiger charge is 2.30. The van der Waals surface area contributed by atoms with E-state index in [4.69, 9.17) is 9.47 Å². The Morgan fingerprint density at radius 2 is 0.909 bits per heavy atom. The van der Waals surface area contributed by atoms with E-state index < -0.39 is 6.16 Å². The van der Waals surface area contributed by atoms with Crippen molar-refractivity contribution >= 4 is 6.16 Å². The van der Waals surface area contributed by atoms with Crippen LogP contribution in [0.25, 0.3) is 0 Å². The molecule has 244 valence electrons. The Morgan fingerprint density at radius 1 is 0.545 bits per heavy atom. The predicted molar refractivity (Wildman–Crippen MR) is 185 cm³/mol. The quantitative estimate of drug-likeness (QED) is 0.179. The molecular weight excluding hydrogens is 540 g/mol. The normalized spacial score (nSPS) is 22.1. The summed E-state index contributed by atoms with van der Waals surface area (Å²) in [5.41, 5.74) is 9.20. The fourth-order valence-electron chi connectivity index (χ4n) is 7.64. The number of carbonyl (C=O) groups is 1. The minimum Gasteiger partial charge on any atom is -0.431 e. The maximum absolute atomic E-state index is 12.8. The molecule has 0 bridgehead atoms. The van der Waals surface area contributed by atoms with E-state index in [-0.39, 0.29) is 12.2 Å². The molecule has 2 fully saturated rings. The summed E-state index contributed by atoms with van der Waals surface area (Å²) in [5, 5.41) is 0. The van der Waals surface area contributed by atoms with Gasteiger partial charge in [-0.25, -0.2) is 4.79 Å². The summed E-state index contributed by atoms with van der Waals surface area (Å²) in [5.74, 6) is 1.16. The molecule has 4 rings (SSSR count). The van der Waals surface area contributed by atoms with Crippen LogP contribution in [0, 0.1) is 0 Å². The molecular formula is C41H62O3. The summed E-state index contributed by atoms with van der Waals surface area (Å²) >= 11 is 0. The van der Waals surface area contributed by atoms with Gasteiger partial charge in [-0.3, -0.25) is 0 Å². The van der Waals surface area contributed by atoms with Crippen LogP contribution in [0.5, 0.6) is 0 Å². The largest absolute Gasteiger partial charge is 0.508 e. The molecule has 0 N–H and O–H groups in total. The van der Waals surface area contributed by atoms with Crippen LogP contribution in [0.1, 0.15) is 176 Å². The van der Waals surface area contributed by atoms with Gasteiger partial charge < -0.3 is 9.47 Å². The Hall–Kier alpha value is -2.29. The van der Waals surface area contributed by atoms with Crippen molar-refractivity contribution in [3.63, 3.8) is 0 Å². The molecule has 3 heteroatoms. The summed E-state index contributed by atoms with van der Waals surface area (Å²) in [4.78, 5) is 12.8. The van der Waals surface area contributed by atoms with Gasteiger partial charge in [0.2, 0.25) is 0 Å². The number of hydrogen-bond donors (Lipinski definition) is 0. The van der Waals surface area contributed by atoms with E-state index in [1.54, 1.807) is 22.3 Å². The third kappa shape index (κ3) is 10.4. The molecule has 0 aliphatic heterocycles. The van der Waals surface area contributed by atoms with Crippen LogP contribution in [0.3, 0.4) is 0 Å². The molecule has 3 nitrogen and oxygen atoms in total. The molecule has 2 aromatic rings. The van der Waals surface area contributed by atoms with Crippen molar-refractivity contribution in [2.24, 2.45) is 0 Å². The van der Waals surface area contributed by atoms with Crippen molar-refractivity contribution in [2.75, 3.05) is 0 Å². The second-order valence-corrected chi connectivity index (χ2v) is 13.9. The van der Waals surface area contributed by atoms with Gasteiger partial charge in [-0.2, -0.15) is 0 Å². The van der Waals surface area contributed by atoms with Gasteiger partial charge in [-0.05, 0) is 148 Å². The number of aryl methyl sites for hydroxylation is 4. The minimum atomic E-state index is -0.440. The molecule has 0 amide bonds. The number of ether oxygens (including phenoxy) is 2. The fourth-order valence-corrected chi connectivity index (χ4v) is 7.64. The maximum atomic E-state index is 12.8. The molecule has 0 atom stereocenters. The SMILES string of the molecule is CCCCc1ccc(C2CCC(OC(=O)OC3CCC(c4ccc(CCCC)cc4CCCC)CC3)CC2)c(CCCC)c1. The molecule has 44 heavy (non-hydrogen) atoms. The molecule has 2 aliphatic rings. The zero-order chi connectivity index (χ0) is 31.1. The van der Waals surface area contributed by atoms with Gasteiger partial charge in [0, 0.05) is 0 Å². The van der Waals surface area contributed by atoms with Gasteiger partial charge in [0.25, 0.3) is 0 Å². The van der Waals surface area contributed by atoms with Gasteiger partial charge in [0.1, 0.15) is 12.2 Å². The molecule has 0 saturated heterocycles. The smallest absolute Gasteiger partial charge is 0.431 e. The van der Waals surface area contributed by atoms with Crippen LogP contribution in [-0.2, 0) is 35.2 Å². The van der Waals surface area contributed by atoms with Crippen LogP contribution in [0.15, 0.2) is 36.4 Å². The Kier molecular flexibility index (Phi) is 14.6. The molecule has 0 spiro atoms. The predicted octanol–water partition coefficient (Wildman–Crippen LogP) is 12.0. The first kappa shape index (κ1) is 34.6. The summed E-state index contributed by atoms with van der Waals surface area (Å²) in [6, 6.07) is 14.5. The minimum absolute atomic E-state index is 0.00893. The van der Waals surface area contributed by atoms with E-state index in [1.165, 1.54) is 88.2 Å². The lowest BCUT2D eigenvalue weighted by atomic mass is 9.79. The zero-order valence-corrected chi connectivity index (χ0v) is 28.6. The van der Waals surface area contributed by atoms with E-state index >= 15 is 0 Å². The standard InChI is InChI=1S/C41H62O3/c1-5-9-13-31-17-27-39(35(29-31)15-11-7-3)33-19-23-37(24-20-33)43-41(42)44-38-25-21-34(22-26-38)40-28-18-32(14-10-6-2)30-36(40)16-12-8-4/h17-18,27-30,33-34,37-38H,5-16,19-26H2,1-4H3. The van der Waals surface area contributed by atoms with E-state index in [1.807, 2.05) is 0 Å². The summed E-state index contributed by atoms with van der Waals surface area (Å²) < 4.78 is 11.8. The lowest BCUT2D eigenvalue weighted by Crippen LogP contribution is -2.29. The molecule has 2 aliphatic carbocycles. The van der Waals surface area contributed by atoms with Crippen molar-refractivity contribution in [2.45, 2.75) is 180 Å². The highest BCUT2D eigenvalue weighted by molar-refractivity contribution is 5.60. The number of hydrogen-bond acceptors (Lipinski definition) is 3. The van der Waals surface area contributed by atoms with Gasteiger partial charge in [0.05, 0.1) is 0 Å². The molecule has 0 unspecified atom stereocenters. The first-order valence-corrected chi connectivity index (χ1v) is 18.6. The van der Waals surface area contributed by atoms with E-state index in [0.29, 0.717) is 11.8 Å². The zero-order valence-electron chi connectivity index (χ0n) is 28.6. The second kappa shape index (κ2) is 18.6. The van der Waals surface area contributed by atoms with Crippen molar-refractivity contribution in [1.82, 2.24) is 0 Å². The topological polar surface area (TPSA) is 35.5 Å². The molecule has 2 aromatic carbocycles. The first-order chi connectivity index (χ1) is 21.5. The van der Waals surface area contributed by atoms with Crippen LogP contribution in [0.2, 0.25) is 0 Å². The summed E-state index contributed by atoms with van der Waals surface area (Å²) in [6.07, 6.45) is 22.4. The van der Waals surface area contributed by atoms with Gasteiger partial charge in [0.15, 0.2) is 0 Å². The van der Waals surface area contributed by atoms with Crippen molar-refractivity contribution < 1.29 is 14.3 Å². The van der Waals surface area contributed by atoms with Gasteiger partial charge in [-0.1, -0.05) is 89.8 Å². The van der Waals surface area contributed by atoms with E-state index in [2.05, 4.69) is 64.1 Å². The third-order valence-corrected chi connectivity index (χ3v) is 10.4. The third-order valence-electron chi connectivity index (χ3n) is 10.4. The van der Waals surface area contributed by atoms with E-state index in [0.717, 1.165) is 51.4 Å². The Labute approximate surface area is 269 Å². The van der Waals surface area contributed by atoms with Crippen molar-refractivity contribution in [3.8, 4) is 0 Å². The van der Waals surface area contributed by atoms with E-state index in [9.17, 15) is 4.79 Å². The van der Waals surface area contributed by atoms with Crippen LogP contribution in [0.4, 0.5) is 4.79 Å². The monoisotopic (exact) mass is 602 g/mol. The average Bonchev–Trinajstić information content (AvgIpc) is 3.05. The average molecular weight is 603 g/mol. The number of carbonyl (C=O) groups excluding carboxylic acids is 1. The Morgan fingerprint density at radius 3 is 1.27 bits per heavy atom. The molecule has 2 saturated carbocycles. The Bertz CT molecular complexity index is 1030. The Balaban J connectivity index is 1.24. The van der Waals surface area contributed by atoms with Crippen LogP contribution < -0.4 is 0 Å². The number of unbranched alkanes of at least 4 members (excludes halogenated alkanes) is 4. The summed E-state index contributed by atoms with van der Waals surface area (Å²) in [7, 11) is 0. The lowest BCUT2D eigenvalue weighted by Gasteiger charge is -2.32. The van der Waals surface area contributed by atoms with Gasteiger partial charge >= 0.3 is 6.16 Å². The van der Waals surface area contributed by atoms with Gasteiger partial charge in [-0.15, -0.1) is 0 Å². The van der Waals surface area contributed by atoms with Crippen molar-refractivity contribution in [1.29, 1.82) is 0 Å². The highest BCUT2D eigenvalue weighted by atomic mass is 16.7.